The first kappa shape index (κ1) is 15.7. The summed E-state index contributed by atoms with van der Waals surface area (Å²) < 4.78 is 0. The SMILES string of the molecule is CCC(CC)C(NC)c1ccc2c(c1)C(=O)N(C)C(=O)C2. The van der Waals surface area contributed by atoms with Crippen LogP contribution in [0.1, 0.15) is 54.2 Å². The van der Waals surface area contributed by atoms with Gasteiger partial charge in [-0.05, 0) is 30.2 Å². The number of carbonyl (C=O) groups is 2. The van der Waals surface area contributed by atoms with E-state index in [2.05, 4.69) is 19.2 Å². The molecule has 1 heterocycles. The maximum absolute atomic E-state index is 12.3. The summed E-state index contributed by atoms with van der Waals surface area (Å²) in [6.45, 7) is 4.38. The van der Waals surface area contributed by atoms with E-state index in [1.807, 2.05) is 25.2 Å². The van der Waals surface area contributed by atoms with E-state index in [1.54, 1.807) is 7.05 Å². The van der Waals surface area contributed by atoms with Gasteiger partial charge in [0.2, 0.25) is 5.91 Å². The lowest BCUT2D eigenvalue weighted by Gasteiger charge is -2.28. The van der Waals surface area contributed by atoms with Gasteiger partial charge in [0.1, 0.15) is 0 Å². The molecule has 1 unspecified atom stereocenters. The van der Waals surface area contributed by atoms with Crippen LogP contribution in [0.3, 0.4) is 0 Å². The topological polar surface area (TPSA) is 49.4 Å². The maximum atomic E-state index is 12.3. The van der Waals surface area contributed by atoms with Gasteiger partial charge in [0, 0.05) is 18.7 Å². The van der Waals surface area contributed by atoms with Crippen molar-refractivity contribution in [2.75, 3.05) is 14.1 Å². The average molecular weight is 288 g/mol. The summed E-state index contributed by atoms with van der Waals surface area (Å²) in [5, 5.41) is 3.37. The quantitative estimate of drug-likeness (QED) is 0.847. The number of likely N-dealkylation sites (N-methyl/N-ethyl adjacent to an activating group) is 1. The highest BCUT2D eigenvalue weighted by Gasteiger charge is 2.29. The Balaban J connectivity index is 2.40. The van der Waals surface area contributed by atoms with E-state index in [4.69, 9.17) is 0 Å². The lowest BCUT2D eigenvalue weighted by Crippen LogP contribution is -2.39. The number of benzene rings is 1. The second-order valence-electron chi connectivity index (χ2n) is 5.69. The van der Waals surface area contributed by atoms with Crippen molar-refractivity contribution in [3.63, 3.8) is 0 Å². The molecule has 0 spiro atoms. The number of amides is 2. The molecule has 0 bridgehead atoms. The number of carbonyl (C=O) groups excluding carboxylic acids is 2. The van der Waals surface area contributed by atoms with E-state index in [1.165, 1.54) is 4.90 Å². The van der Waals surface area contributed by atoms with E-state index in [9.17, 15) is 9.59 Å². The highest BCUT2D eigenvalue weighted by Crippen LogP contribution is 2.30. The second-order valence-corrected chi connectivity index (χ2v) is 5.69. The zero-order chi connectivity index (χ0) is 15.6. The monoisotopic (exact) mass is 288 g/mol. The molecule has 1 atom stereocenters. The minimum absolute atomic E-state index is 0.134. The Morgan fingerprint density at radius 2 is 1.90 bits per heavy atom. The number of fused-ring (bicyclic) bond motifs is 1. The van der Waals surface area contributed by atoms with Gasteiger partial charge in [-0.25, -0.2) is 0 Å². The summed E-state index contributed by atoms with van der Waals surface area (Å²) in [5.74, 6) is 0.207. The first-order valence-corrected chi connectivity index (χ1v) is 7.64. The molecule has 0 radical (unpaired) electrons. The van der Waals surface area contributed by atoms with Crippen molar-refractivity contribution in [1.82, 2.24) is 10.2 Å². The number of nitrogens with zero attached hydrogens (tertiary/aromatic N) is 1. The largest absolute Gasteiger partial charge is 0.313 e. The van der Waals surface area contributed by atoms with Crippen LogP contribution in [0.25, 0.3) is 0 Å². The zero-order valence-electron chi connectivity index (χ0n) is 13.3. The van der Waals surface area contributed by atoms with Gasteiger partial charge in [0.05, 0.1) is 6.42 Å². The van der Waals surface area contributed by atoms with E-state index >= 15 is 0 Å². The Labute approximate surface area is 126 Å². The number of imide groups is 1. The van der Waals surface area contributed by atoms with Crippen molar-refractivity contribution >= 4 is 11.8 Å². The fourth-order valence-corrected chi connectivity index (χ4v) is 3.15. The van der Waals surface area contributed by atoms with Crippen LogP contribution in [0.5, 0.6) is 0 Å². The fraction of sp³-hybridized carbons (Fsp3) is 0.529. The summed E-state index contributed by atoms with van der Waals surface area (Å²) in [7, 11) is 3.51. The molecule has 1 N–H and O–H groups in total. The van der Waals surface area contributed by atoms with E-state index in [-0.39, 0.29) is 17.9 Å². The highest BCUT2D eigenvalue weighted by molar-refractivity contribution is 6.09. The van der Waals surface area contributed by atoms with Crippen molar-refractivity contribution in [2.45, 2.75) is 39.2 Å². The number of rotatable bonds is 5. The zero-order valence-corrected chi connectivity index (χ0v) is 13.3. The van der Waals surface area contributed by atoms with E-state index in [0.29, 0.717) is 17.9 Å². The molecule has 0 aromatic heterocycles. The van der Waals surface area contributed by atoms with Gasteiger partial charge in [-0.1, -0.05) is 38.8 Å². The lowest BCUT2D eigenvalue weighted by atomic mass is 9.86. The lowest BCUT2D eigenvalue weighted by molar-refractivity contribution is -0.127. The van der Waals surface area contributed by atoms with Crippen LogP contribution < -0.4 is 5.32 Å². The van der Waals surface area contributed by atoms with Gasteiger partial charge >= 0.3 is 0 Å². The highest BCUT2D eigenvalue weighted by atomic mass is 16.2. The molecule has 1 aliphatic rings. The molecule has 0 aliphatic carbocycles. The molecule has 4 nitrogen and oxygen atoms in total. The van der Waals surface area contributed by atoms with Crippen LogP contribution in [-0.4, -0.2) is 30.8 Å². The van der Waals surface area contributed by atoms with Crippen LogP contribution in [0, 0.1) is 5.92 Å². The third-order valence-corrected chi connectivity index (χ3v) is 4.58. The third-order valence-electron chi connectivity index (χ3n) is 4.58. The normalized spacial score (nSPS) is 16.3. The van der Waals surface area contributed by atoms with Crippen molar-refractivity contribution in [1.29, 1.82) is 0 Å². The Morgan fingerprint density at radius 1 is 1.24 bits per heavy atom. The van der Waals surface area contributed by atoms with Gasteiger partial charge in [0.25, 0.3) is 5.91 Å². The molecule has 1 aromatic rings. The Morgan fingerprint density at radius 3 is 2.48 bits per heavy atom. The molecule has 4 heteroatoms. The first-order valence-electron chi connectivity index (χ1n) is 7.64. The van der Waals surface area contributed by atoms with E-state index < -0.39 is 0 Å². The number of hydrogen-bond acceptors (Lipinski definition) is 3. The third kappa shape index (κ3) is 2.86. The molecular weight excluding hydrogens is 264 g/mol. The number of hydrogen-bond donors (Lipinski definition) is 1. The van der Waals surface area contributed by atoms with Gasteiger partial charge in [0.15, 0.2) is 0 Å². The van der Waals surface area contributed by atoms with Crippen LogP contribution in [0.2, 0.25) is 0 Å². The van der Waals surface area contributed by atoms with Crippen molar-refractivity contribution in [2.24, 2.45) is 5.92 Å². The second kappa shape index (κ2) is 6.39. The molecule has 21 heavy (non-hydrogen) atoms. The smallest absolute Gasteiger partial charge is 0.260 e. The summed E-state index contributed by atoms with van der Waals surface area (Å²) in [6, 6.07) is 6.17. The molecule has 0 saturated carbocycles. The molecule has 0 fully saturated rings. The number of nitrogens with one attached hydrogen (secondary N) is 1. The Kier molecular flexibility index (Phi) is 4.78. The Hall–Kier alpha value is -1.68. The van der Waals surface area contributed by atoms with Crippen LogP contribution in [0.4, 0.5) is 0 Å². The Bertz CT molecular complexity index is 550. The van der Waals surface area contributed by atoms with Crippen molar-refractivity contribution < 1.29 is 9.59 Å². The summed E-state index contributed by atoms with van der Waals surface area (Å²) in [6.07, 6.45) is 2.49. The van der Waals surface area contributed by atoms with E-state index in [0.717, 1.165) is 24.0 Å². The molecule has 1 aliphatic heterocycles. The van der Waals surface area contributed by atoms with Gasteiger partial charge in [-0.2, -0.15) is 0 Å². The van der Waals surface area contributed by atoms with Crippen LogP contribution in [0.15, 0.2) is 18.2 Å². The summed E-state index contributed by atoms with van der Waals surface area (Å²) in [5.41, 5.74) is 2.63. The summed E-state index contributed by atoms with van der Waals surface area (Å²) in [4.78, 5) is 25.2. The molecular formula is C17H24N2O2. The molecule has 114 valence electrons. The van der Waals surface area contributed by atoms with Gasteiger partial charge < -0.3 is 5.32 Å². The minimum Gasteiger partial charge on any atom is -0.313 e. The average Bonchev–Trinajstić information content (AvgIpc) is 2.50. The van der Waals surface area contributed by atoms with Crippen LogP contribution in [-0.2, 0) is 11.2 Å². The summed E-state index contributed by atoms with van der Waals surface area (Å²) >= 11 is 0. The van der Waals surface area contributed by atoms with Gasteiger partial charge in [-0.3, -0.25) is 14.5 Å². The molecule has 1 aromatic carbocycles. The van der Waals surface area contributed by atoms with Gasteiger partial charge in [-0.15, -0.1) is 0 Å². The minimum atomic E-state index is -0.192. The predicted molar refractivity (Wildman–Crippen MR) is 83.1 cm³/mol. The standard InChI is InChI=1S/C17H24N2O2/c1-5-11(6-2)16(18-3)13-8-7-12-10-15(20)19(4)17(21)14(12)9-13/h7-9,11,16,18H,5-6,10H2,1-4H3. The molecule has 2 rings (SSSR count). The predicted octanol–water partition coefficient (Wildman–Crippen LogP) is 2.54. The van der Waals surface area contributed by atoms with Crippen LogP contribution >= 0.6 is 0 Å². The molecule has 0 saturated heterocycles. The fourth-order valence-electron chi connectivity index (χ4n) is 3.15. The van der Waals surface area contributed by atoms with Crippen molar-refractivity contribution in [3.8, 4) is 0 Å². The first-order chi connectivity index (χ1) is 10.0. The van der Waals surface area contributed by atoms with Crippen molar-refractivity contribution in [3.05, 3.63) is 34.9 Å². The molecule has 2 amide bonds. The maximum Gasteiger partial charge on any atom is 0.260 e.